The summed E-state index contributed by atoms with van der Waals surface area (Å²) in [5.74, 6) is 1.60. The third-order valence-electron chi connectivity index (χ3n) is 3.50. The molecule has 1 rings (SSSR count). The monoisotopic (exact) mass is 313 g/mol. The van der Waals surface area contributed by atoms with E-state index >= 15 is 0 Å². The Morgan fingerprint density at radius 2 is 1.83 bits per heavy atom. The molecule has 0 spiro atoms. The van der Waals surface area contributed by atoms with Gasteiger partial charge in [0.05, 0.1) is 0 Å². The number of nitrogens with one attached hydrogen (secondary N) is 1. The van der Waals surface area contributed by atoms with E-state index in [1.54, 1.807) is 0 Å². The molecule has 18 heavy (non-hydrogen) atoms. The maximum atomic E-state index is 5.65. The van der Waals surface area contributed by atoms with Crippen LogP contribution in [-0.4, -0.2) is 19.7 Å². The van der Waals surface area contributed by atoms with Crippen molar-refractivity contribution in [2.75, 3.05) is 19.7 Å². The number of hydrogen-bond acceptors (Lipinski definition) is 2. The van der Waals surface area contributed by atoms with E-state index in [4.69, 9.17) is 4.74 Å². The Hall–Kier alpha value is -0.540. The molecule has 1 N–H and O–H groups in total. The maximum Gasteiger partial charge on any atom is 0.119 e. The van der Waals surface area contributed by atoms with Crippen LogP contribution in [0.15, 0.2) is 28.7 Å². The van der Waals surface area contributed by atoms with Gasteiger partial charge < -0.3 is 10.1 Å². The maximum absolute atomic E-state index is 5.65. The van der Waals surface area contributed by atoms with Gasteiger partial charge in [-0.2, -0.15) is 0 Å². The second-order valence-corrected chi connectivity index (χ2v) is 6.54. The number of benzene rings is 1. The lowest BCUT2D eigenvalue weighted by atomic mass is 9.81. The fourth-order valence-corrected chi connectivity index (χ4v) is 1.65. The number of halogens is 1. The minimum atomic E-state index is 0.331. The molecule has 0 aliphatic carbocycles. The molecule has 0 aliphatic heterocycles. The molecule has 0 bridgehead atoms. The van der Waals surface area contributed by atoms with Crippen molar-refractivity contribution in [3.63, 3.8) is 0 Å². The quantitative estimate of drug-likeness (QED) is 0.765. The number of rotatable bonds is 7. The van der Waals surface area contributed by atoms with Crippen molar-refractivity contribution in [3.05, 3.63) is 28.7 Å². The first-order chi connectivity index (χ1) is 8.42. The molecule has 0 unspecified atom stereocenters. The smallest absolute Gasteiger partial charge is 0.119 e. The molecule has 0 amide bonds. The summed E-state index contributed by atoms with van der Waals surface area (Å²) in [6.07, 6.45) is 0. The lowest BCUT2D eigenvalue weighted by Crippen LogP contribution is -2.35. The first-order valence-corrected chi connectivity index (χ1v) is 7.30. The highest BCUT2D eigenvalue weighted by atomic mass is 79.9. The van der Waals surface area contributed by atoms with Crippen molar-refractivity contribution in [3.8, 4) is 5.75 Å². The predicted octanol–water partition coefficient (Wildman–Crippen LogP) is 4.10. The molecule has 1 aromatic carbocycles. The van der Waals surface area contributed by atoms with Crippen molar-refractivity contribution in [2.24, 2.45) is 11.3 Å². The Balaban J connectivity index is 2.18. The second kappa shape index (κ2) is 7.15. The minimum Gasteiger partial charge on any atom is -0.492 e. The van der Waals surface area contributed by atoms with Crippen LogP contribution >= 0.6 is 15.9 Å². The SMILES string of the molecule is CC(C)C(C)(C)CNCCOc1ccc(Br)cc1. The molecule has 2 nitrogen and oxygen atoms in total. The van der Waals surface area contributed by atoms with Crippen molar-refractivity contribution in [2.45, 2.75) is 27.7 Å². The molecule has 0 atom stereocenters. The van der Waals surface area contributed by atoms with E-state index in [9.17, 15) is 0 Å². The summed E-state index contributed by atoms with van der Waals surface area (Å²) in [5.41, 5.74) is 0.331. The van der Waals surface area contributed by atoms with Crippen LogP contribution in [0.2, 0.25) is 0 Å². The van der Waals surface area contributed by atoms with Gasteiger partial charge in [0.2, 0.25) is 0 Å². The largest absolute Gasteiger partial charge is 0.492 e. The summed E-state index contributed by atoms with van der Waals surface area (Å²) in [4.78, 5) is 0. The molecular formula is C15H24BrNO. The highest BCUT2D eigenvalue weighted by Gasteiger charge is 2.21. The molecule has 0 heterocycles. The molecule has 3 heteroatoms. The van der Waals surface area contributed by atoms with Gasteiger partial charge in [-0.1, -0.05) is 43.6 Å². The van der Waals surface area contributed by atoms with Crippen LogP contribution in [0.3, 0.4) is 0 Å². The first-order valence-electron chi connectivity index (χ1n) is 6.51. The summed E-state index contributed by atoms with van der Waals surface area (Å²) in [6, 6.07) is 7.93. The van der Waals surface area contributed by atoms with Crippen LogP contribution in [0.4, 0.5) is 0 Å². The highest BCUT2D eigenvalue weighted by Crippen LogP contribution is 2.24. The normalized spacial score (nSPS) is 11.9. The van der Waals surface area contributed by atoms with Gasteiger partial charge >= 0.3 is 0 Å². The van der Waals surface area contributed by atoms with E-state index in [0.29, 0.717) is 17.9 Å². The van der Waals surface area contributed by atoms with E-state index in [1.165, 1.54) is 0 Å². The van der Waals surface area contributed by atoms with E-state index < -0.39 is 0 Å². The first kappa shape index (κ1) is 15.5. The van der Waals surface area contributed by atoms with Crippen LogP contribution in [0.25, 0.3) is 0 Å². The van der Waals surface area contributed by atoms with Crippen molar-refractivity contribution in [1.29, 1.82) is 0 Å². The third-order valence-corrected chi connectivity index (χ3v) is 4.03. The van der Waals surface area contributed by atoms with Gasteiger partial charge in [0, 0.05) is 17.6 Å². The van der Waals surface area contributed by atoms with Gasteiger partial charge in [0.25, 0.3) is 0 Å². The van der Waals surface area contributed by atoms with Gasteiger partial charge in [-0.15, -0.1) is 0 Å². The average Bonchev–Trinajstić information content (AvgIpc) is 2.31. The predicted molar refractivity (Wildman–Crippen MR) is 81.1 cm³/mol. The van der Waals surface area contributed by atoms with Gasteiger partial charge in [-0.05, 0) is 35.6 Å². The molecule has 0 radical (unpaired) electrons. The van der Waals surface area contributed by atoms with E-state index in [1.807, 2.05) is 24.3 Å². The molecule has 0 aliphatic rings. The molecule has 0 fully saturated rings. The lowest BCUT2D eigenvalue weighted by molar-refractivity contribution is 0.228. The summed E-state index contributed by atoms with van der Waals surface area (Å²) in [5, 5.41) is 3.45. The zero-order chi connectivity index (χ0) is 13.6. The van der Waals surface area contributed by atoms with Crippen molar-refractivity contribution < 1.29 is 4.74 Å². The summed E-state index contributed by atoms with van der Waals surface area (Å²) < 4.78 is 6.73. The fraction of sp³-hybridized carbons (Fsp3) is 0.600. The zero-order valence-electron chi connectivity index (χ0n) is 11.8. The average molecular weight is 314 g/mol. The molecular weight excluding hydrogens is 290 g/mol. The topological polar surface area (TPSA) is 21.3 Å². The second-order valence-electron chi connectivity index (χ2n) is 5.62. The third kappa shape index (κ3) is 5.40. The molecule has 0 saturated heterocycles. The van der Waals surface area contributed by atoms with Crippen molar-refractivity contribution >= 4 is 15.9 Å². The molecule has 102 valence electrons. The Labute approximate surface area is 119 Å². The standard InChI is InChI=1S/C15H24BrNO/c1-12(2)15(3,4)11-17-9-10-18-14-7-5-13(16)6-8-14/h5-8,12,17H,9-11H2,1-4H3. The van der Waals surface area contributed by atoms with Crippen LogP contribution < -0.4 is 10.1 Å². The van der Waals surface area contributed by atoms with Gasteiger partial charge in [0.1, 0.15) is 12.4 Å². The van der Waals surface area contributed by atoms with Crippen LogP contribution in [-0.2, 0) is 0 Å². The minimum absolute atomic E-state index is 0.331. The molecule has 0 aromatic heterocycles. The summed E-state index contributed by atoms with van der Waals surface area (Å²) in [7, 11) is 0. The fourth-order valence-electron chi connectivity index (χ4n) is 1.39. The lowest BCUT2D eigenvalue weighted by Gasteiger charge is -2.29. The van der Waals surface area contributed by atoms with Crippen LogP contribution in [0.5, 0.6) is 5.75 Å². The molecule has 1 aromatic rings. The van der Waals surface area contributed by atoms with Crippen LogP contribution in [0.1, 0.15) is 27.7 Å². The van der Waals surface area contributed by atoms with Gasteiger partial charge in [-0.3, -0.25) is 0 Å². The van der Waals surface area contributed by atoms with E-state index in [0.717, 1.165) is 23.3 Å². The van der Waals surface area contributed by atoms with E-state index in [-0.39, 0.29) is 0 Å². The zero-order valence-corrected chi connectivity index (χ0v) is 13.4. The Morgan fingerprint density at radius 3 is 2.39 bits per heavy atom. The Morgan fingerprint density at radius 1 is 1.22 bits per heavy atom. The van der Waals surface area contributed by atoms with E-state index in [2.05, 4.69) is 48.9 Å². The Bertz CT molecular complexity index is 346. The van der Waals surface area contributed by atoms with Crippen molar-refractivity contribution in [1.82, 2.24) is 5.32 Å². The Kier molecular flexibility index (Phi) is 6.16. The molecule has 0 saturated carbocycles. The number of ether oxygens (including phenoxy) is 1. The van der Waals surface area contributed by atoms with Gasteiger partial charge in [-0.25, -0.2) is 0 Å². The number of hydrogen-bond donors (Lipinski definition) is 1. The summed E-state index contributed by atoms with van der Waals surface area (Å²) in [6.45, 7) is 11.7. The van der Waals surface area contributed by atoms with Crippen LogP contribution in [0, 0.1) is 11.3 Å². The summed E-state index contributed by atoms with van der Waals surface area (Å²) >= 11 is 3.41. The highest BCUT2D eigenvalue weighted by molar-refractivity contribution is 9.10. The van der Waals surface area contributed by atoms with Gasteiger partial charge in [0.15, 0.2) is 0 Å².